The Labute approximate surface area is 154 Å². The largest absolute Gasteiger partial charge is 0.497 e. The van der Waals surface area contributed by atoms with Gasteiger partial charge in [0, 0.05) is 17.4 Å². The summed E-state index contributed by atoms with van der Waals surface area (Å²) in [7, 11) is 1.60. The van der Waals surface area contributed by atoms with Crippen molar-refractivity contribution in [3.63, 3.8) is 0 Å². The molecule has 1 saturated carbocycles. The molecule has 26 heavy (non-hydrogen) atoms. The van der Waals surface area contributed by atoms with Crippen LogP contribution in [0.5, 0.6) is 5.75 Å². The SMILES string of the molecule is COc1ccc(NC(=O)c2cc(C#N)ccc2NC2CCCCC2)cc1. The van der Waals surface area contributed by atoms with Gasteiger partial charge in [-0.05, 0) is 55.3 Å². The van der Waals surface area contributed by atoms with Gasteiger partial charge in [-0.15, -0.1) is 0 Å². The van der Waals surface area contributed by atoms with Crippen molar-refractivity contribution in [2.45, 2.75) is 38.1 Å². The first-order chi connectivity index (χ1) is 12.7. The van der Waals surface area contributed by atoms with Gasteiger partial charge in [-0.1, -0.05) is 19.3 Å². The van der Waals surface area contributed by atoms with E-state index in [1.807, 2.05) is 6.07 Å². The number of methoxy groups -OCH3 is 1. The van der Waals surface area contributed by atoms with Gasteiger partial charge < -0.3 is 15.4 Å². The van der Waals surface area contributed by atoms with E-state index in [2.05, 4.69) is 16.7 Å². The van der Waals surface area contributed by atoms with Gasteiger partial charge in [0.25, 0.3) is 5.91 Å². The Balaban J connectivity index is 1.80. The lowest BCUT2D eigenvalue weighted by Gasteiger charge is -2.25. The first-order valence-corrected chi connectivity index (χ1v) is 8.95. The molecule has 3 rings (SSSR count). The first kappa shape index (κ1) is 17.8. The van der Waals surface area contributed by atoms with Crippen molar-refractivity contribution in [3.05, 3.63) is 53.6 Å². The number of carbonyl (C=O) groups excluding carboxylic acids is 1. The van der Waals surface area contributed by atoms with Crippen LogP contribution in [-0.4, -0.2) is 19.1 Å². The summed E-state index contributed by atoms with van der Waals surface area (Å²) in [6.07, 6.45) is 5.91. The molecular formula is C21H23N3O2. The molecule has 1 aliphatic carbocycles. The molecule has 0 spiro atoms. The van der Waals surface area contributed by atoms with E-state index >= 15 is 0 Å². The van der Waals surface area contributed by atoms with E-state index in [4.69, 9.17) is 4.74 Å². The number of rotatable bonds is 5. The van der Waals surface area contributed by atoms with Crippen molar-refractivity contribution in [2.75, 3.05) is 17.7 Å². The molecule has 0 bridgehead atoms. The van der Waals surface area contributed by atoms with Crippen molar-refractivity contribution in [2.24, 2.45) is 0 Å². The average Bonchev–Trinajstić information content (AvgIpc) is 2.69. The highest BCUT2D eigenvalue weighted by Crippen LogP contribution is 2.25. The maximum atomic E-state index is 12.8. The third-order valence-electron chi connectivity index (χ3n) is 4.71. The number of nitrogens with one attached hydrogen (secondary N) is 2. The van der Waals surface area contributed by atoms with E-state index < -0.39 is 0 Å². The lowest BCUT2D eigenvalue weighted by atomic mass is 9.95. The Hall–Kier alpha value is -3.00. The molecule has 0 radical (unpaired) electrons. The highest BCUT2D eigenvalue weighted by atomic mass is 16.5. The molecular weight excluding hydrogens is 326 g/mol. The number of benzene rings is 2. The number of carbonyl (C=O) groups is 1. The molecule has 2 N–H and O–H groups in total. The van der Waals surface area contributed by atoms with Crippen LogP contribution >= 0.6 is 0 Å². The fourth-order valence-corrected chi connectivity index (χ4v) is 3.27. The van der Waals surface area contributed by atoms with Crippen LogP contribution < -0.4 is 15.4 Å². The maximum absolute atomic E-state index is 12.8. The zero-order chi connectivity index (χ0) is 18.4. The summed E-state index contributed by atoms with van der Waals surface area (Å²) in [4.78, 5) is 12.8. The third-order valence-corrected chi connectivity index (χ3v) is 4.71. The van der Waals surface area contributed by atoms with Crippen molar-refractivity contribution in [1.29, 1.82) is 5.26 Å². The number of anilines is 2. The minimum absolute atomic E-state index is 0.231. The molecule has 1 fully saturated rings. The van der Waals surface area contributed by atoms with Crippen LogP contribution in [0.25, 0.3) is 0 Å². The molecule has 0 atom stereocenters. The lowest BCUT2D eigenvalue weighted by Crippen LogP contribution is -2.24. The number of nitriles is 1. The van der Waals surface area contributed by atoms with E-state index in [0.717, 1.165) is 24.3 Å². The monoisotopic (exact) mass is 349 g/mol. The Morgan fingerprint density at radius 3 is 2.50 bits per heavy atom. The van der Waals surface area contributed by atoms with Crippen molar-refractivity contribution in [1.82, 2.24) is 0 Å². The second-order valence-corrected chi connectivity index (χ2v) is 6.53. The quantitative estimate of drug-likeness (QED) is 0.829. The number of nitrogens with zero attached hydrogens (tertiary/aromatic N) is 1. The van der Waals surface area contributed by atoms with Crippen LogP contribution in [0, 0.1) is 11.3 Å². The fourth-order valence-electron chi connectivity index (χ4n) is 3.27. The molecule has 0 aliphatic heterocycles. The van der Waals surface area contributed by atoms with Gasteiger partial charge in [0.1, 0.15) is 5.75 Å². The molecule has 5 heteroatoms. The van der Waals surface area contributed by atoms with Crippen LogP contribution in [0.4, 0.5) is 11.4 Å². The van der Waals surface area contributed by atoms with Crippen molar-refractivity contribution in [3.8, 4) is 11.8 Å². The van der Waals surface area contributed by atoms with Gasteiger partial charge in [-0.2, -0.15) is 5.26 Å². The average molecular weight is 349 g/mol. The van der Waals surface area contributed by atoms with E-state index in [9.17, 15) is 10.1 Å². The standard InChI is InChI=1S/C21H23N3O2/c1-26-18-10-8-17(9-11-18)24-21(25)19-13-15(14-22)7-12-20(19)23-16-5-3-2-4-6-16/h7-13,16,23H,2-6H2,1H3,(H,24,25). The maximum Gasteiger partial charge on any atom is 0.257 e. The topological polar surface area (TPSA) is 74.1 Å². The molecule has 2 aromatic carbocycles. The minimum atomic E-state index is -0.231. The molecule has 1 amide bonds. The van der Waals surface area contributed by atoms with Gasteiger partial charge in [0.2, 0.25) is 0 Å². The van der Waals surface area contributed by atoms with Gasteiger partial charge in [0.15, 0.2) is 0 Å². The van der Waals surface area contributed by atoms with Crippen LogP contribution in [0.3, 0.4) is 0 Å². The summed E-state index contributed by atoms with van der Waals surface area (Å²) in [5, 5.41) is 15.6. The van der Waals surface area contributed by atoms with Crippen LogP contribution in [0.15, 0.2) is 42.5 Å². The number of hydrogen-bond donors (Lipinski definition) is 2. The summed E-state index contributed by atoms with van der Waals surface area (Å²) in [5.74, 6) is 0.500. The highest BCUT2D eigenvalue weighted by molar-refractivity contribution is 6.08. The zero-order valence-corrected chi connectivity index (χ0v) is 14.9. The van der Waals surface area contributed by atoms with Crippen molar-refractivity contribution < 1.29 is 9.53 Å². The smallest absolute Gasteiger partial charge is 0.257 e. The van der Waals surface area contributed by atoms with Gasteiger partial charge in [-0.3, -0.25) is 4.79 Å². The Morgan fingerprint density at radius 1 is 1.12 bits per heavy atom. The van der Waals surface area contributed by atoms with Crippen molar-refractivity contribution >= 4 is 17.3 Å². The third kappa shape index (κ3) is 4.34. The normalized spacial score (nSPS) is 14.3. The number of amides is 1. The molecule has 0 saturated heterocycles. The Bertz CT molecular complexity index is 803. The molecule has 5 nitrogen and oxygen atoms in total. The highest BCUT2D eigenvalue weighted by Gasteiger charge is 2.18. The zero-order valence-electron chi connectivity index (χ0n) is 14.9. The van der Waals surface area contributed by atoms with Gasteiger partial charge in [-0.25, -0.2) is 0 Å². The molecule has 134 valence electrons. The Kier molecular flexibility index (Phi) is 5.75. The number of ether oxygens (including phenoxy) is 1. The summed E-state index contributed by atoms with van der Waals surface area (Å²) in [6.45, 7) is 0. The van der Waals surface area contributed by atoms with E-state index in [1.54, 1.807) is 43.5 Å². The van der Waals surface area contributed by atoms with Crippen LogP contribution in [0.1, 0.15) is 48.0 Å². The lowest BCUT2D eigenvalue weighted by molar-refractivity contribution is 0.102. The van der Waals surface area contributed by atoms with Gasteiger partial charge in [0.05, 0.1) is 24.3 Å². The van der Waals surface area contributed by atoms with E-state index in [1.165, 1.54) is 19.3 Å². The van der Waals surface area contributed by atoms with Crippen LogP contribution in [-0.2, 0) is 0 Å². The molecule has 0 aromatic heterocycles. The molecule has 0 heterocycles. The molecule has 1 aliphatic rings. The second kappa shape index (κ2) is 8.39. The second-order valence-electron chi connectivity index (χ2n) is 6.53. The van der Waals surface area contributed by atoms with Gasteiger partial charge >= 0.3 is 0 Å². The van der Waals surface area contributed by atoms with E-state index in [0.29, 0.717) is 22.9 Å². The predicted octanol–water partition coefficient (Wildman–Crippen LogP) is 4.56. The fraction of sp³-hybridized carbons (Fsp3) is 0.333. The summed E-state index contributed by atoms with van der Waals surface area (Å²) < 4.78 is 5.13. The Morgan fingerprint density at radius 2 is 1.85 bits per heavy atom. The minimum Gasteiger partial charge on any atom is -0.497 e. The van der Waals surface area contributed by atoms with Crippen LogP contribution in [0.2, 0.25) is 0 Å². The summed E-state index contributed by atoms with van der Waals surface area (Å²) >= 11 is 0. The predicted molar refractivity (Wildman–Crippen MR) is 103 cm³/mol. The van der Waals surface area contributed by atoms with E-state index in [-0.39, 0.29) is 5.91 Å². The molecule has 0 unspecified atom stereocenters. The molecule has 2 aromatic rings. The summed E-state index contributed by atoms with van der Waals surface area (Å²) in [6, 6.07) is 14.9. The summed E-state index contributed by atoms with van der Waals surface area (Å²) in [5.41, 5.74) is 2.42. The first-order valence-electron chi connectivity index (χ1n) is 8.95. The number of hydrogen-bond acceptors (Lipinski definition) is 4.